The minimum absolute atomic E-state index is 0.0104. The molecule has 56 heavy (non-hydrogen) atoms. The van der Waals surface area contributed by atoms with E-state index >= 15 is 0 Å². The molecule has 0 saturated carbocycles. The number of hydrogen-bond acceptors (Lipinski definition) is 11. The molecule has 1 saturated heterocycles. The van der Waals surface area contributed by atoms with Crippen LogP contribution in [0.4, 0.5) is 0 Å². The molecule has 0 aromatic heterocycles. The van der Waals surface area contributed by atoms with Gasteiger partial charge in [0.1, 0.15) is 24.4 Å². The molecule has 2 N–H and O–H groups in total. The van der Waals surface area contributed by atoms with Crippen molar-refractivity contribution in [2.75, 3.05) is 20.3 Å². The van der Waals surface area contributed by atoms with Crippen LogP contribution in [0.1, 0.15) is 181 Å². The zero-order chi connectivity index (χ0) is 41.4. The van der Waals surface area contributed by atoms with E-state index in [4.69, 9.17) is 68.4 Å². The van der Waals surface area contributed by atoms with Crippen LogP contribution >= 0.6 is 43.5 Å². The summed E-state index contributed by atoms with van der Waals surface area (Å²) in [7, 11) is 0.912. The Balaban J connectivity index is 2.97. The second kappa shape index (κ2) is 34.0. The second-order valence-electron chi connectivity index (χ2n) is 15.0. The maximum Gasteiger partial charge on any atom is 0.327 e. The number of hydrogen-bond donors (Lipinski definition) is 2. The molecule has 0 amide bonds. The SMILES string of the molecule is CCCCCCCCCCCCCC(=O)O[C@H](CCCCCCCCCCC)CC(=O)OC1C(NC)C(OC(=N)C(Cl)(Cl)Cl)OC(COCCCC)C1OP=O. The normalized spacial score (nSPS) is 20.5. The minimum atomic E-state index is -2.18. The lowest BCUT2D eigenvalue weighted by molar-refractivity contribution is -0.251. The van der Waals surface area contributed by atoms with Gasteiger partial charge in [-0.25, -0.2) is 4.57 Å². The van der Waals surface area contributed by atoms with E-state index in [0.29, 0.717) is 19.4 Å². The van der Waals surface area contributed by atoms with Crippen molar-refractivity contribution < 1.29 is 42.4 Å². The highest BCUT2D eigenvalue weighted by Gasteiger charge is 2.51. The van der Waals surface area contributed by atoms with Gasteiger partial charge in [-0.15, -0.1) is 0 Å². The molecule has 328 valence electrons. The van der Waals surface area contributed by atoms with Crippen molar-refractivity contribution in [1.82, 2.24) is 5.32 Å². The first-order chi connectivity index (χ1) is 27.0. The number of likely N-dealkylation sites (N-methyl/N-ethyl adjacent to an activating group) is 1. The molecule has 1 rings (SSSR count). The Hall–Kier alpha value is -0.780. The second-order valence-corrected chi connectivity index (χ2v) is 17.7. The molecule has 0 aliphatic carbocycles. The van der Waals surface area contributed by atoms with Crippen LogP contribution in [-0.4, -0.2) is 78.6 Å². The zero-order valence-electron chi connectivity index (χ0n) is 34.8. The predicted octanol–water partition coefficient (Wildman–Crippen LogP) is 11.9. The molecule has 1 heterocycles. The molecule has 0 bridgehead atoms. The molecule has 15 heteroatoms. The van der Waals surface area contributed by atoms with E-state index in [-0.39, 0.29) is 19.0 Å². The highest BCUT2D eigenvalue weighted by atomic mass is 35.6. The van der Waals surface area contributed by atoms with Crippen molar-refractivity contribution in [3.8, 4) is 0 Å². The van der Waals surface area contributed by atoms with E-state index < -0.39 is 61.1 Å². The van der Waals surface area contributed by atoms with Gasteiger partial charge < -0.3 is 29.0 Å². The molecule has 11 nitrogen and oxygen atoms in total. The number of rotatable bonds is 35. The minimum Gasteiger partial charge on any atom is -0.462 e. The number of carbonyl (C=O) groups excluding carboxylic acids is 2. The van der Waals surface area contributed by atoms with Gasteiger partial charge in [0.05, 0.1) is 13.0 Å². The van der Waals surface area contributed by atoms with Crippen molar-refractivity contribution in [3.63, 3.8) is 0 Å². The van der Waals surface area contributed by atoms with Gasteiger partial charge in [0.25, 0.3) is 3.79 Å². The van der Waals surface area contributed by atoms with Gasteiger partial charge >= 0.3 is 20.6 Å². The third kappa shape index (κ3) is 25.0. The largest absolute Gasteiger partial charge is 0.462 e. The summed E-state index contributed by atoms with van der Waals surface area (Å²) in [6.07, 6.45) is 20.6. The summed E-state index contributed by atoms with van der Waals surface area (Å²) in [5.41, 5.74) is 0. The summed E-state index contributed by atoms with van der Waals surface area (Å²) >= 11 is 17.7. The van der Waals surface area contributed by atoms with E-state index in [9.17, 15) is 14.2 Å². The predicted molar refractivity (Wildman–Crippen MR) is 226 cm³/mol. The number of nitrogens with one attached hydrogen (secondary N) is 2. The number of unbranched alkanes of at least 4 members (excludes halogenated alkanes) is 19. The lowest BCUT2D eigenvalue weighted by Crippen LogP contribution is -2.65. The summed E-state index contributed by atoms with van der Waals surface area (Å²) in [6.45, 7) is 6.90. The Morgan fingerprint density at radius 1 is 0.732 bits per heavy atom. The zero-order valence-corrected chi connectivity index (χ0v) is 38.0. The number of ether oxygens (including phenoxy) is 5. The van der Waals surface area contributed by atoms with Gasteiger partial charge in [0, 0.05) is 13.0 Å². The third-order valence-corrected chi connectivity index (χ3v) is 11.0. The van der Waals surface area contributed by atoms with Crippen LogP contribution in [0.3, 0.4) is 0 Å². The first-order valence-corrected chi connectivity index (χ1v) is 23.5. The molecule has 1 aliphatic rings. The molecule has 1 aliphatic heterocycles. The Morgan fingerprint density at radius 3 is 1.75 bits per heavy atom. The monoisotopic (exact) mass is 874 g/mol. The highest BCUT2D eigenvalue weighted by molar-refractivity contribution is 7.17. The van der Waals surface area contributed by atoms with Crippen LogP contribution in [0.15, 0.2) is 0 Å². The van der Waals surface area contributed by atoms with E-state index in [1.165, 1.54) is 83.5 Å². The molecule has 1 fully saturated rings. The van der Waals surface area contributed by atoms with Crippen LogP contribution in [-0.2, 0) is 42.4 Å². The Morgan fingerprint density at radius 2 is 1.25 bits per heavy atom. The number of carbonyl (C=O) groups is 2. The summed E-state index contributed by atoms with van der Waals surface area (Å²) in [6, 6.07) is -0.940. The molecule has 0 aromatic rings. The molecular weight excluding hydrogens is 802 g/mol. The van der Waals surface area contributed by atoms with Crippen molar-refractivity contribution in [3.05, 3.63) is 0 Å². The smallest absolute Gasteiger partial charge is 0.327 e. The standard InChI is InChI=1S/C41H74Cl3N2O9P/c1-5-8-11-13-15-17-18-20-22-24-26-28-34(47)51-32(27-25-23-21-19-16-14-12-9-6-2)30-35(48)53-38-36(46-4)39(54-40(45)41(42,43)44)52-33(37(38)55-56-49)31-50-29-10-7-3/h32-33,36-39,45-46H,5-31H2,1-4H3/t32-,33?,36?,37?,38?,39?/m1/s1. The van der Waals surface area contributed by atoms with Crippen molar-refractivity contribution >= 4 is 61.3 Å². The van der Waals surface area contributed by atoms with Crippen LogP contribution < -0.4 is 5.32 Å². The van der Waals surface area contributed by atoms with Crippen molar-refractivity contribution in [2.45, 2.75) is 222 Å². The summed E-state index contributed by atoms with van der Waals surface area (Å²) in [5, 5.41) is 11.2. The first-order valence-electron chi connectivity index (χ1n) is 21.6. The maximum absolute atomic E-state index is 13.7. The molecule has 6 atom stereocenters. The Kier molecular flexibility index (Phi) is 32.3. The summed E-state index contributed by atoms with van der Waals surface area (Å²) in [5.74, 6) is -1.66. The fourth-order valence-corrected chi connectivity index (χ4v) is 7.33. The fraction of sp³-hybridized carbons (Fsp3) is 0.927. The van der Waals surface area contributed by atoms with Crippen LogP contribution in [0.5, 0.6) is 0 Å². The molecular formula is C41H74Cl3N2O9P. The number of esters is 2. The molecule has 0 spiro atoms. The van der Waals surface area contributed by atoms with Crippen LogP contribution in [0.2, 0.25) is 0 Å². The summed E-state index contributed by atoms with van der Waals surface area (Å²) in [4.78, 5) is 26.8. The van der Waals surface area contributed by atoms with Crippen LogP contribution in [0, 0.1) is 5.41 Å². The summed E-state index contributed by atoms with van der Waals surface area (Å²) < 4.78 is 44.7. The van der Waals surface area contributed by atoms with Gasteiger partial charge in [0.2, 0.25) is 12.2 Å². The molecule has 0 aromatic carbocycles. The lowest BCUT2D eigenvalue weighted by Gasteiger charge is -2.44. The van der Waals surface area contributed by atoms with E-state index in [1.54, 1.807) is 7.05 Å². The number of alkyl halides is 3. The maximum atomic E-state index is 13.7. The van der Waals surface area contributed by atoms with Gasteiger partial charge in [-0.1, -0.05) is 178 Å². The molecule has 5 unspecified atom stereocenters. The average Bonchev–Trinajstić information content (AvgIpc) is 3.15. The third-order valence-electron chi connectivity index (χ3n) is 10.1. The van der Waals surface area contributed by atoms with Crippen molar-refractivity contribution in [2.24, 2.45) is 0 Å². The highest BCUT2D eigenvalue weighted by Crippen LogP contribution is 2.33. The van der Waals surface area contributed by atoms with E-state index in [1.807, 2.05) is 6.92 Å². The van der Waals surface area contributed by atoms with Gasteiger partial charge in [-0.2, -0.15) is 0 Å². The van der Waals surface area contributed by atoms with Gasteiger partial charge in [-0.3, -0.25) is 19.5 Å². The Labute approximate surface area is 355 Å². The van der Waals surface area contributed by atoms with Crippen molar-refractivity contribution in [1.29, 1.82) is 5.41 Å². The number of halogens is 3. The Bertz CT molecular complexity index is 1040. The lowest BCUT2D eigenvalue weighted by atomic mass is 9.96. The van der Waals surface area contributed by atoms with Gasteiger partial charge in [-0.05, 0) is 32.7 Å². The van der Waals surface area contributed by atoms with Crippen LogP contribution in [0.25, 0.3) is 0 Å². The topological polar surface area (TPSA) is 142 Å². The average molecular weight is 876 g/mol. The van der Waals surface area contributed by atoms with Gasteiger partial charge in [0.15, 0.2) is 6.10 Å². The fourth-order valence-electron chi connectivity index (χ4n) is 6.84. The first kappa shape index (κ1) is 53.2. The van der Waals surface area contributed by atoms with E-state index in [2.05, 4.69) is 19.2 Å². The molecule has 0 radical (unpaired) electrons. The quantitative estimate of drug-likeness (QED) is 0.0158. The van der Waals surface area contributed by atoms with E-state index in [0.717, 1.165) is 57.8 Å².